The predicted molar refractivity (Wildman–Crippen MR) is 99.3 cm³/mol. The van der Waals surface area contributed by atoms with E-state index in [1.54, 1.807) is 24.5 Å². The van der Waals surface area contributed by atoms with E-state index in [4.69, 9.17) is 4.74 Å². The number of rotatable bonds is 5. The highest BCUT2D eigenvalue weighted by molar-refractivity contribution is 7.18. The summed E-state index contributed by atoms with van der Waals surface area (Å²) in [4.78, 5) is 17.0. The van der Waals surface area contributed by atoms with E-state index in [-0.39, 0.29) is 5.91 Å². The van der Waals surface area contributed by atoms with Gasteiger partial charge in [0.05, 0.1) is 22.3 Å². The highest BCUT2D eigenvalue weighted by atomic mass is 32.1. The Morgan fingerprint density at radius 2 is 2.08 bits per heavy atom. The minimum absolute atomic E-state index is 0.126. The first-order chi connectivity index (χ1) is 11.6. The van der Waals surface area contributed by atoms with Gasteiger partial charge in [-0.15, -0.1) is 11.3 Å². The molecule has 0 bridgehead atoms. The molecule has 4 nitrogen and oxygen atoms in total. The Hall–Kier alpha value is -2.40. The Kier molecular flexibility index (Phi) is 4.81. The number of carbonyl (C=O) groups excluding carboxylic acids is 1. The largest absolute Gasteiger partial charge is 0.496 e. The molecule has 1 N–H and O–H groups in total. The third-order valence-electron chi connectivity index (χ3n) is 3.81. The number of carbonyl (C=O) groups is 1. The van der Waals surface area contributed by atoms with Gasteiger partial charge in [0.25, 0.3) is 5.91 Å². The fourth-order valence-electron chi connectivity index (χ4n) is 2.59. The molecule has 0 saturated carbocycles. The van der Waals surface area contributed by atoms with Gasteiger partial charge in [-0.2, -0.15) is 0 Å². The molecule has 1 aromatic heterocycles. The van der Waals surface area contributed by atoms with Gasteiger partial charge in [-0.25, -0.2) is 4.98 Å². The van der Waals surface area contributed by atoms with Crippen molar-refractivity contribution in [2.45, 2.75) is 26.7 Å². The molecule has 0 fully saturated rings. The Bertz CT molecular complexity index is 886. The van der Waals surface area contributed by atoms with Gasteiger partial charge in [0.15, 0.2) is 0 Å². The number of thiazole rings is 1. The number of anilines is 1. The molecule has 0 saturated heterocycles. The maximum absolute atomic E-state index is 12.4. The molecule has 1 heterocycles. The van der Waals surface area contributed by atoms with Crippen molar-refractivity contribution in [3.63, 3.8) is 0 Å². The summed E-state index contributed by atoms with van der Waals surface area (Å²) < 4.78 is 6.33. The Labute approximate surface area is 145 Å². The van der Waals surface area contributed by atoms with Gasteiger partial charge in [-0.05, 0) is 61.7 Å². The first-order valence-electron chi connectivity index (χ1n) is 7.96. The van der Waals surface area contributed by atoms with Crippen LogP contribution >= 0.6 is 11.3 Å². The lowest BCUT2D eigenvalue weighted by Gasteiger charge is -2.08. The van der Waals surface area contributed by atoms with Crippen LogP contribution in [0.25, 0.3) is 10.2 Å². The van der Waals surface area contributed by atoms with Gasteiger partial charge in [-0.1, -0.05) is 6.92 Å². The minimum atomic E-state index is -0.126. The second kappa shape index (κ2) is 7.01. The first kappa shape index (κ1) is 16.5. The van der Waals surface area contributed by atoms with E-state index < -0.39 is 0 Å². The molecule has 0 aliphatic rings. The lowest BCUT2D eigenvalue weighted by molar-refractivity contribution is 0.102. The van der Waals surface area contributed by atoms with Crippen LogP contribution in [0.5, 0.6) is 5.75 Å². The van der Waals surface area contributed by atoms with Crippen LogP contribution in [0.4, 0.5) is 5.69 Å². The summed E-state index contributed by atoms with van der Waals surface area (Å²) in [6.07, 6.45) is 2.08. The Morgan fingerprint density at radius 3 is 2.79 bits per heavy atom. The van der Waals surface area contributed by atoms with Crippen LogP contribution in [0, 0.1) is 6.92 Å². The number of aryl methyl sites for hydroxylation is 2. The molecule has 2 aromatic carbocycles. The number of benzene rings is 2. The molecule has 3 aromatic rings. The van der Waals surface area contributed by atoms with Crippen LogP contribution in [0.15, 0.2) is 36.4 Å². The second-order valence-electron chi connectivity index (χ2n) is 5.68. The molecule has 1 amide bonds. The number of hydrogen-bond donors (Lipinski definition) is 1. The van der Waals surface area contributed by atoms with Crippen molar-refractivity contribution in [1.82, 2.24) is 4.98 Å². The van der Waals surface area contributed by atoms with E-state index in [1.807, 2.05) is 37.3 Å². The summed E-state index contributed by atoms with van der Waals surface area (Å²) in [5, 5.41) is 4.10. The quantitative estimate of drug-likeness (QED) is 0.724. The zero-order valence-electron chi connectivity index (χ0n) is 14.1. The third kappa shape index (κ3) is 3.41. The van der Waals surface area contributed by atoms with Crippen LogP contribution in [0.1, 0.15) is 34.3 Å². The number of ether oxygens (including phenoxy) is 1. The smallest absolute Gasteiger partial charge is 0.255 e. The van der Waals surface area contributed by atoms with Gasteiger partial charge in [0.2, 0.25) is 0 Å². The van der Waals surface area contributed by atoms with Gasteiger partial charge < -0.3 is 10.1 Å². The van der Waals surface area contributed by atoms with Gasteiger partial charge in [0, 0.05) is 11.3 Å². The van der Waals surface area contributed by atoms with E-state index in [0.29, 0.717) is 5.56 Å². The van der Waals surface area contributed by atoms with Crippen molar-refractivity contribution in [1.29, 1.82) is 0 Å². The highest BCUT2D eigenvalue weighted by Crippen LogP contribution is 2.26. The molecule has 0 aliphatic heterocycles. The molecule has 0 aliphatic carbocycles. The second-order valence-corrected chi connectivity index (χ2v) is 6.79. The summed E-state index contributed by atoms with van der Waals surface area (Å²) in [5.41, 5.74) is 3.33. The van der Waals surface area contributed by atoms with E-state index in [2.05, 4.69) is 17.2 Å². The van der Waals surface area contributed by atoms with Crippen molar-refractivity contribution >= 4 is 33.1 Å². The maximum atomic E-state index is 12.4. The number of amides is 1. The van der Waals surface area contributed by atoms with E-state index in [9.17, 15) is 4.79 Å². The Morgan fingerprint density at radius 1 is 1.25 bits per heavy atom. The molecular formula is C19H20N2O2S. The summed E-state index contributed by atoms with van der Waals surface area (Å²) in [7, 11) is 1.62. The van der Waals surface area contributed by atoms with Crippen molar-refractivity contribution in [2.75, 3.05) is 12.4 Å². The number of fused-ring (bicyclic) bond motifs is 1. The van der Waals surface area contributed by atoms with E-state index in [1.165, 1.54) is 0 Å². The summed E-state index contributed by atoms with van der Waals surface area (Å²) in [6, 6.07) is 11.3. The van der Waals surface area contributed by atoms with Crippen molar-refractivity contribution in [3.8, 4) is 5.75 Å². The van der Waals surface area contributed by atoms with Gasteiger partial charge in [-0.3, -0.25) is 4.79 Å². The summed E-state index contributed by atoms with van der Waals surface area (Å²) in [5.74, 6) is 0.652. The van der Waals surface area contributed by atoms with Gasteiger partial charge in [0.1, 0.15) is 5.75 Å². The van der Waals surface area contributed by atoms with Crippen LogP contribution < -0.4 is 10.1 Å². The van der Waals surface area contributed by atoms with E-state index >= 15 is 0 Å². The average Bonchev–Trinajstić information content (AvgIpc) is 2.96. The molecule has 24 heavy (non-hydrogen) atoms. The summed E-state index contributed by atoms with van der Waals surface area (Å²) >= 11 is 1.69. The standard InChI is InChI=1S/C19H20N2O2S/c1-4-5-18-21-15-8-7-14(11-17(15)24-18)20-19(22)13-6-9-16(23-3)12(2)10-13/h6-11H,4-5H2,1-3H3,(H,20,22). The van der Waals surface area contributed by atoms with Crippen molar-refractivity contribution in [3.05, 3.63) is 52.5 Å². The topological polar surface area (TPSA) is 51.2 Å². The molecular weight excluding hydrogens is 320 g/mol. The van der Waals surface area contributed by atoms with Crippen LogP contribution in [-0.4, -0.2) is 18.0 Å². The third-order valence-corrected chi connectivity index (χ3v) is 4.89. The first-order valence-corrected chi connectivity index (χ1v) is 8.78. The molecule has 0 radical (unpaired) electrons. The summed E-state index contributed by atoms with van der Waals surface area (Å²) in [6.45, 7) is 4.07. The lowest BCUT2D eigenvalue weighted by atomic mass is 10.1. The zero-order chi connectivity index (χ0) is 17.1. The number of aromatic nitrogens is 1. The zero-order valence-corrected chi connectivity index (χ0v) is 14.9. The molecule has 3 rings (SSSR count). The number of nitrogens with zero attached hydrogens (tertiary/aromatic N) is 1. The number of nitrogens with one attached hydrogen (secondary N) is 1. The molecule has 124 valence electrons. The SMILES string of the molecule is CCCc1nc2ccc(NC(=O)c3ccc(OC)c(C)c3)cc2s1. The molecule has 0 atom stereocenters. The normalized spacial score (nSPS) is 10.8. The molecule has 0 unspecified atom stereocenters. The maximum Gasteiger partial charge on any atom is 0.255 e. The number of methoxy groups -OCH3 is 1. The molecule has 5 heteroatoms. The molecule has 0 spiro atoms. The fourth-order valence-corrected chi connectivity index (χ4v) is 3.70. The monoisotopic (exact) mass is 340 g/mol. The van der Waals surface area contributed by atoms with Crippen molar-refractivity contribution < 1.29 is 9.53 Å². The van der Waals surface area contributed by atoms with Gasteiger partial charge >= 0.3 is 0 Å². The fraction of sp³-hybridized carbons (Fsp3) is 0.263. The number of hydrogen-bond acceptors (Lipinski definition) is 4. The highest BCUT2D eigenvalue weighted by Gasteiger charge is 2.10. The van der Waals surface area contributed by atoms with Crippen LogP contribution in [0.2, 0.25) is 0 Å². The van der Waals surface area contributed by atoms with Crippen LogP contribution in [0.3, 0.4) is 0 Å². The average molecular weight is 340 g/mol. The van der Waals surface area contributed by atoms with Crippen LogP contribution in [-0.2, 0) is 6.42 Å². The van der Waals surface area contributed by atoms with Crippen molar-refractivity contribution in [2.24, 2.45) is 0 Å². The lowest BCUT2D eigenvalue weighted by Crippen LogP contribution is -2.12. The Balaban J connectivity index is 1.80. The minimum Gasteiger partial charge on any atom is -0.496 e. The van der Waals surface area contributed by atoms with E-state index in [0.717, 1.165) is 45.1 Å². The predicted octanol–water partition coefficient (Wildman–Crippen LogP) is 4.82.